The molecule has 1 atom stereocenters. The number of nitrogens with zero attached hydrogens (tertiary/aromatic N) is 2. The summed E-state index contributed by atoms with van der Waals surface area (Å²) >= 11 is 3.93. The Morgan fingerprint density at radius 3 is 2.12 bits per heavy atom. The zero-order valence-corrected chi connectivity index (χ0v) is 11.9. The first-order valence-electron chi connectivity index (χ1n) is 5.64. The van der Waals surface area contributed by atoms with Crippen LogP contribution >= 0.6 is 12.6 Å². The van der Waals surface area contributed by atoms with E-state index in [1.165, 1.54) is 0 Å². The van der Waals surface area contributed by atoms with Gasteiger partial charge in [0, 0.05) is 1.43 Å². The topological polar surface area (TPSA) is 53.8 Å². The fourth-order valence-corrected chi connectivity index (χ4v) is 1.67. The zero-order valence-electron chi connectivity index (χ0n) is 11.0. The van der Waals surface area contributed by atoms with Crippen LogP contribution in [0.4, 0.5) is 0 Å². The van der Waals surface area contributed by atoms with Crippen molar-refractivity contribution in [1.82, 2.24) is 5.32 Å². The van der Waals surface area contributed by atoms with Crippen molar-refractivity contribution in [3.8, 4) is 0 Å². The van der Waals surface area contributed by atoms with E-state index in [-0.39, 0.29) is 24.5 Å². The van der Waals surface area contributed by atoms with E-state index in [9.17, 15) is 4.79 Å². The second-order valence-electron chi connectivity index (χ2n) is 4.82. The molecule has 1 amide bonds. The third-order valence-corrected chi connectivity index (χ3v) is 2.56. The van der Waals surface area contributed by atoms with Gasteiger partial charge in [0.1, 0.15) is 0 Å². The molecule has 0 saturated heterocycles. The first-order chi connectivity index (χ1) is 7.29. The molecule has 4 nitrogen and oxygen atoms in total. The smallest absolute Gasteiger partial charge is 0.230 e. The third kappa shape index (κ3) is 4.12. The highest BCUT2D eigenvalue weighted by molar-refractivity contribution is 7.81. The predicted molar refractivity (Wildman–Crippen MR) is 72.0 cm³/mol. The Kier molecular flexibility index (Phi) is 5.46. The number of hydrogen-bond donors (Lipinski definition) is 2. The van der Waals surface area contributed by atoms with Crippen LogP contribution in [0.2, 0.25) is 0 Å². The van der Waals surface area contributed by atoms with Gasteiger partial charge in [-0.1, -0.05) is 34.6 Å². The van der Waals surface area contributed by atoms with Crippen molar-refractivity contribution in [3.05, 3.63) is 0 Å². The number of carbonyl (C=O) groups is 1. The molecule has 1 aliphatic rings. The van der Waals surface area contributed by atoms with Gasteiger partial charge in [0.05, 0.1) is 11.8 Å². The second kappa shape index (κ2) is 5.66. The summed E-state index contributed by atoms with van der Waals surface area (Å²) in [6.45, 7) is 12.1. The molecule has 0 fully saturated rings. The van der Waals surface area contributed by atoms with Crippen molar-refractivity contribution < 1.29 is 6.22 Å². The average Bonchev–Trinajstić information content (AvgIpc) is 2.94. The SMILES string of the molecule is CC.CC(C)(C)C(NC(=O)CS)C1(C)N=N1.[HH]. The van der Waals surface area contributed by atoms with Gasteiger partial charge in [-0.05, 0) is 12.3 Å². The molecule has 0 aromatic rings. The van der Waals surface area contributed by atoms with E-state index in [0.717, 1.165) is 0 Å². The molecular weight excluding hydrogens is 222 g/mol. The molecule has 5 heteroatoms. The molecule has 96 valence electrons. The Labute approximate surface area is 105 Å². The van der Waals surface area contributed by atoms with E-state index >= 15 is 0 Å². The van der Waals surface area contributed by atoms with Gasteiger partial charge in [-0.3, -0.25) is 4.79 Å². The van der Waals surface area contributed by atoms with Crippen molar-refractivity contribution in [2.75, 3.05) is 5.75 Å². The first-order valence-corrected chi connectivity index (χ1v) is 6.27. The van der Waals surface area contributed by atoms with Gasteiger partial charge in [0.15, 0.2) is 0 Å². The fraction of sp³-hybridized carbons (Fsp3) is 0.909. The zero-order chi connectivity index (χ0) is 13.0. The average molecular weight is 247 g/mol. The summed E-state index contributed by atoms with van der Waals surface area (Å²) in [7, 11) is 0. The monoisotopic (exact) mass is 247 g/mol. The van der Waals surface area contributed by atoms with Crippen LogP contribution in [0.5, 0.6) is 0 Å². The van der Waals surface area contributed by atoms with Crippen LogP contribution in [-0.4, -0.2) is 23.4 Å². The van der Waals surface area contributed by atoms with Crippen molar-refractivity contribution in [2.24, 2.45) is 15.6 Å². The van der Waals surface area contributed by atoms with Crippen LogP contribution in [0.3, 0.4) is 0 Å². The highest BCUT2D eigenvalue weighted by Crippen LogP contribution is 2.39. The Bertz CT molecular complexity index is 265. The lowest BCUT2D eigenvalue weighted by molar-refractivity contribution is -0.120. The van der Waals surface area contributed by atoms with E-state index in [4.69, 9.17) is 0 Å². The lowest BCUT2D eigenvalue weighted by Gasteiger charge is -2.33. The number of rotatable bonds is 3. The van der Waals surface area contributed by atoms with Gasteiger partial charge < -0.3 is 5.32 Å². The van der Waals surface area contributed by atoms with Crippen LogP contribution < -0.4 is 5.32 Å². The van der Waals surface area contributed by atoms with E-state index in [0.29, 0.717) is 0 Å². The molecule has 0 bridgehead atoms. The van der Waals surface area contributed by atoms with Gasteiger partial charge in [0.25, 0.3) is 0 Å². The highest BCUT2D eigenvalue weighted by atomic mass is 32.1. The third-order valence-electron chi connectivity index (χ3n) is 2.28. The van der Waals surface area contributed by atoms with E-state index in [1.807, 2.05) is 20.8 Å². The van der Waals surface area contributed by atoms with Crippen LogP contribution in [0.25, 0.3) is 0 Å². The number of carbonyl (C=O) groups excluding carboxylic acids is 1. The predicted octanol–water partition coefficient (Wildman–Crippen LogP) is 2.90. The Morgan fingerprint density at radius 1 is 1.44 bits per heavy atom. The Morgan fingerprint density at radius 2 is 1.88 bits per heavy atom. The lowest BCUT2D eigenvalue weighted by Crippen LogP contribution is -2.52. The van der Waals surface area contributed by atoms with E-state index < -0.39 is 5.66 Å². The van der Waals surface area contributed by atoms with Gasteiger partial charge >= 0.3 is 0 Å². The molecule has 16 heavy (non-hydrogen) atoms. The summed E-state index contributed by atoms with van der Waals surface area (Å²) in [5, 5.41) is 10.9. The maximum atomic E-state index is 11.3. The quantitative estimate of drug-likeness (QED) is 0.740. The minimum atomic E-state index is -0.434. The highest BCUT2D eigenvalue weighted by Gasteiger charge is 2.49. The Balaban J connectivity index is 0. The van der Waals surface area contributed by atoms with E-state index in [2.05, 4.69) is 48.9 Å². The summed E-state index contributed by atoms with van der Waals surface area (Å²) in [5.41, 5.74) is -0.492. The van der Waals surface area contributed by atoms with Crippen LogP contribution in [0.15, 0.2) is 10.2 Å². The first kappa shape index (κ1) is 15.4. The number of amides is 1. The number of thiol groups is 1. The summed E-state index contributed by atoms with van der Waals surface area (Å²) in [6, 6.07) is -0.0605. The molecule has 1 aliphatic heterocycles. The largest absolute Gasteiger partial charge is 0.348 e. The lowest BCUT2D eigenvalue weighted by atomic mass is 9.81. The minimum absolute atomic E-state index is 0. The van der Waals surface area contributed by atoms with Gasteiger partial charge in [-0.2, -0.15) is 22.9 Å². The molecule has 0 aliphatic carbocycles. The molecule has 0 spiro atoms. The number of nitrogens with one attached hydrogen (secondary N) is 1. The van der Waals surface area contributed by atoms with Gasteiger partial charge in [-0.15, -0.1) is 0 Å². The van der Waals surface area contributed by atoms with E-state index in [1.54, 1.807) is 0 Å². The molecule has 0 aromatic heterocycles. The second-order valence-corrected chi connectivity index (χ2v) is 5.13. The summed E-state index contributed by atoms with van der Waals surface area (Å²) in [6.07, 6.45) is 0. The van der Waals surface area contributed by atoms with Crippen LogP contribution in [-0.2, 0) is 4.79 Å². The van der Waals surface area contributed by atoms with Crippen LogP contribution in [0, 0.1) is 5.41 Å². The molecular formula is C11H25N3OS. The summed E-state index contributed by atoms with van der Waals surface area (Å²) in [4.78, 5) is 11.3. The summed E-state index contributed by atoms with van der Waals surface area (Å²) < 4.78 is 0. The molecule has 0 saturated carbocycles. The van der Waals surface area contributed by atoms with Crippen molar-refractivity contribution >= 4 is 18.5 Å². The minimum Gasteiger partial charge on any atom is -0.348 e. The van der Waals surface area contributed by atoms with Crippen molar-refractivity contribution in [2.45, 2.75) is 53.2 Å². The fourth-order valence-electron chi connectivity index (χ4n) is 1.57. The molecule has 1 unspecified atom stereocenters. The molecule has 0 radical (unpaired) electrons. The van der Waals surface area contributed by atoms with Crippen molar-refractivity contribution in [1.29, 1.82) is 0 Å². The van der Waals surface area contributed by atoms with Gasteiger partial charge in [-0.25, -0.2) is 0 Å². The summed E-state index contributed by atoms with van der Waals surface area (Å²) in [5.74, 6) is 0.120. The van der Waals surface area contributed by atoms with Crippen LogP contribution in [0.1, 0.15) is 43.0 Å². The van der Waals surface area contributed by atoms with Gasteiger partial charge in [0.2, 0.25) is 11.6 Å². The molecule has 1 heterocycles. The maximum Gasteiger partial charge on any atom is 0.230 e. The number of hydrogen-bond acceptors (Lipinski definition) is 4. The molecule has 1 rings (SSSR count). The molecule has 1 N–H and O–H groups in total. The Hall–Kier alpha value is -0.580. The normalized spacial score (nSPS) is 18.2. The van der Waals surface area contributed by atoms with Crippen molar-refractivity contribution in [3.63, 3.8) is 0 Å². The molecule has 0 aromatic carbocycles. The standard InChI is InChI=1S/C9H17N3OS.C2H6.H2/c1-8(2,3)7(9(4)11-12-9)10-6(13)5-14;1-2;/h7,14H,5H2,1-4H3,(H,10,13);1-2H3;1H. The maximum absolute atomic E-state index is 11.3.